The molecule has 5 nitrogen and oxygen atoms in total. The molecule has 0 aliphatic carbocycles. The number of nitrogens with one attached hydrogen (secondary N) is 1. The molecule has 0 fully saturated rings. The summed E-state index contributed by atoms with van der Waals surface area (Å²) in [6.07, 6.45) is 3.98. The predicted octanol–water partition coefficient (Wildman–Crippen LogP) is 3.96. The molecule has 26 heavy (non-hydrogen) atoms. The number of carbonyl (C=O) groups is 1. The van der Waals surface area contributed by atoms with Gasteiger partial charge in [-0.2, -0.15) is 5.10 Å². The lowest BCUT2D eigenvalue weighted by molar-refractivity contribution is -0.120. The Balaban J connectivity index is 1.93. The largest absolute Gasteiger partial charge is 0.490 e. The van der Waals surface area contributed by atoms with E-state index in [1.807, 2.05) is 55.5 Å². The van der Waals surface area contributed by atoms with Gasteiger partial charge in [-0.1, -0.05) is 43.7 Å². The first-order chi connectivity index (χ1) is 12.7. The minimum absolute atomic E-state index is 0.156. The fraction of sp³-hybridized carbons (Fsp3) is 0.333. The zero-order chi connectivity index (χ0) is 18.6. The number of amides is 1. The van der Waals surface area contributed by atoms with Crippen LogP contribution >= 0.6 is 0 Å². The minimum atomic E-state index is -0.156. The Labute approximate surface area is 155 Å². The summed E-state index contributed by atoms with van der Waals surface area (Å²) in [5.41, 5.74) is 4.33. The van der Waals surface area contributed by atoms with Crippen molar-refractivity contribution in [2.75, 3.05) is 13.2 Å². The molecule has 0 aromatic heterocycles. The second kappa shape index (κ2) is 10.9. The van der Waals surface area contributed by atoms with Crippen LogP contribution in [0.3, 0.4) is 0 Å². The molecule has 2 aromatic rings. The van der Waals surface area contributed by atoms with Crippen LogP contribution in [0, 0.1) is 0 Å². The van der Waals surface area contributed by atoms with Crippen LogP contribution in [0.2, 0.25) is 0 Å². The Kier molecular flexibility index (Phi) is 8.19. The van der Waals surface area contributed by atoms with Gasteiger partial charge in [0.1, 0.15) is 0 Å². The molecular formula is C21H26N2O3. The Morgan fingerprint density at radius 1 is 1.08 bits per heavy atom. The Morgan fingerprint density at radius 3 is 2.62 bits per heavy atom. The van der Waals surface area contributed by atoms with E-state index in [-0.39, 0.29) is 5.91 Å². The molecule has 0 unspecified atom stereocenters. The van der Waals surface area contributed by atoms with E-state index in [1.54, 1.807) is 6.21 Å². The van der Waals surface area contributed by atoms with Crippen LogP contribution in [0.15, 0.2) is 53.6 Å². The van der Waals surface area contributed by atoms with E-state index in [1.165, 1.54) is 0 Å². The van der Waals surface area contributed by atoms with Gasteiger partial charge >= 0.3 is 0 Å². The van der Waals surface area contributed by atoms with Crippen molar-refractivity contribution in [2.45, 2.75) is 33.1 Å². The number of rotatable bonds is 10. The average molecular weight is 354 g/mol. The first-order valence-corrected chi connectivity index (χ1v) is 8.98. The molecule has 138 valence electrons. The maximum absolute atomic E-state index is 11.9. The normalized spacial score (nSPS) is 10.7. The second-order valence-corrected chi connectivity index (χ2v) is 5.80. The fourth-order valence-electron chi connectivity index (χ4n) is 2.32. The van der Waals surface area contributed by atoms with E-state index in [4.69, 9.17) is 9.47 Å². The third kappa shape index (κ3) is 6.59. The van der Waals surface area contributed by atoms with Gasteiger partial charge in [0.2, 0.25) is 5.91 Å². The van der Waals surface area contributed by atoms with E-state index in [9.17, 15) is 4.79 Å². The van der Waals surface area contributed by atoms with Crippen LogP contribution < -0.4 is 14.9 Å². The van der Waals surface area contributed by atoms with Crippen molar-refractivity contribution in [3.8, 4) is 11.5 Å². The summed E-state index contributed by atoms with van der Waals surface area (Å²) in [6.45, 7) is 5.27. The SMILES string of the molecule is CCCCOc1ccc(/C=N\NC(=O)Cc2ccccc2)cc1OCC. The van der Waals surface area contributed by atoms with Crippen molar-refractivity contribution in [3.63, 3.8) is 0 Å². The number of hydrazone groups is 1. The Hall–Kier alpha value is -2.82. The zero-order valence-electron chi connectivity index (χ0n) is 15.4. The summed E-state index contributed by atoms with van der Waals surface area (Å²) in [5, 5.41) is 4.02. The maximum Gasteiger partial charge on any atom is 0.244 e. The molecule has 0 aliphatic heterocycles. The number of unbranched alkanes of at least 4 members (excludes halogenated alkanes) is 1. The number of nitrogens with zero attached hydrogens (tertiary/aromatic N) is 1. The van der Waals surface area contributed by atoms with Gasteiger partial charge in [-0.3, -0.25) is 4.79 Å². The van der Waals surface area contributed by atoms with Gasteiger partial charge in [-0.05, 0) is 42.7 Å². The summed E-state index contributed by atoms with van der Waals surface area (Å²) in [5.74, 6) is 1.26. The molecule has 0 aliphatic rings. The number of ether oxygens (including phenoxy) is 2. The second-order valence-electron chi connectivity index (χ2n) is 5.80. The van der Waals surface area contributed by atoms with Crippen molar-refractivity contribution < 1.29 is 14.3 Å². The summed E-state index contributed by atoms with van der Waals surface area (Å²) in [6, 6.07) is 15.2. The molecule has 0 atom stereocenters. The third-order valence-electron chi connectivity index (χ3n) is 3.63. The van der Waals surface area contributed by atoms with Crippen LogP contribution in [-0.2, 0) is 11.2 Å². The first-order valence-electron chi connectivity index (χ1n) is 8.98. The maximum atomic E-state index is 11.9. The first kappa shape index (κ1) is 19.5. The van der Waals surface area contributed by atoms with Crippen LogP contribution in [0.25, 0.3) is 0 Å². The highest BCUT2D eigenvalue weighted by atomic mass is 16.5. The van der Waals surface area contributed by atoms with Gasteiger partial charge in [-0.15, -0.1) is 0 Å². The molecule has 1 amide bonds. The average Bonchev–Trinajstić information content (AvgIpc) is 2.64. The lowest BCUT2D eigenvalue weighted by atomic mass is 10.1. The quantitative estimate of drug-likeness (QED) is 0.399. The van der Waals surface area contributed by atoms with Gasteiger partial charge in [-0.25, -0.2) is 5.43 Å². The molecule has 5 heteroatoms. The molecule has 0 spiro atoms. The van der Waals surface area contributed by atoms with E-state index < -0.39 is 0 Å². The van der Waals surface area contributed by atoms with Crippen LogP contribution in [-0.4, -0.2) is 25.3 Å². The van der Waals surface area contributed by atoms with Crippen molar-refractivity contribution in [2.24, 2.45) is 5.10 Å². The van der Waals surface area contributed by atoms with Gasteiger partial charge in [0.25, 0.3) is 0 Å². The van der Waals surface area contributed by atoms with Crippen LogP contribution in [0.5, 0.6) is 11.5 Å². The van der Waals surface area contributed by atoms with Crippen LogP contribution in [0.4, 0.5) is 0 Å². The van der Waals surface area contributed by atoms with Gasteiger partial charge in [0, 0.05) is 0 Å². The number of hydrogen-bond acceptors (Lipinski definition) is 4. The molecule has 0 bridgehead atoms. The number of hydrogen-bond donors (Lipinski definition) is 1. The lowest BCUT2D eigenvalue weighted by Gasteiger charge is -2.12. The molecule has 0 radical (unpaired) electrons. The Morgan fingerprint density at radius 2 is 1.88 bits per heavy atom. The van der Waals surface area contributed by atoms with Gasteiger partial charge in [0.15, 0.2) is 11.5 Å². The van der Waals surface area contributed by atoms with Crippen molar-refractivity contribution in [1.82, 2.24) is 5.43 Å². The van der Waals surface area contributed by atoms with Gasteiger partial charge < -0.3 is 9.47 Å². The summed E-state index contributed by atoms with van der Waals surface area (Å²) < 4.78 is 11.4. The third-order valence-corrected chi connectivity index (χ3v) is 3.63. The fourth-order valence-corrected chi connectivity index (χ4v) is 2.32. The Bertz CT molecular complexity index is 714. The van der Waals surface area contributed by atoms with E-state index >= 15 is 0 Å². The summed E-state index contributed by atoms with van der Waals surface area (Å²) in [4.78, 5) is 11.9. The van der Waals surface area contributed by atoms with E-state index in [0.717, 1.165) is 29.7 Å². The van der Waals surface area contributed by atoms with E-state index in [0.29, 0.717) is 25.4 Å². The van der Waals surface area contributed by atoms with Crippen molar-refractivity contribution >= 4 is 12.1 Å². The summed E-state index contributed by atoms with van der Waals surface area (Å²) >= 11 is 0. The molecule has 1 N–H and O–H groups in total. The van der Waals surface area contributed by atoms with Crippen molar-refractivity contribution in [1.29, 1.82) is 0 Å². The molecule has 0 saturated carbocycles. The van der Waals surface area contributed by atoms with Gasteiger partial charge in [0.05, 0.1) is 25.8 Å². The zero-order valence-corrected chi connectivity index (χ0v) is 15.4. The van der Waals surface area contributed by atoms with E-state index in [2.05, 4.69) is 17.5 Å². The standard InChI is InChI=1S/C21H26N2O3/c1-3-5-13-26-19-12-11-18(14-20(19)25-4-2)16-22-23-21(24)15-17-9-7-6-8-10-17/h6-12,14,16H,3-5,13,15H2,1-2H3,(H,23,24)/b22-16-. The number of carbonyl (C=O) groups excluding carboxylic acids is 1. The smallest absolute Gasteiger partial charge is 0.244 e. The monoisotopic (exact) mass is 354 g/mol. The van der Waals surface area contributed by atoms with Crippen LogP contribution in [0.1, 0.15) is 37.8 Å². The topological polar surface area (TPSA) is 59.9 Å². The molecule has 2 aromatic carbocycles. The molecule has 2 rings (SSSR count). The molecular weight excluding hydrogens is 328 g/mol. The minimum Gasteiger partial charge on any atom is -0.490 e. The highest BCUT2D eigenvalue weighted by Gasteiger charge is 2.06. The van der Waals surface area contributed by atoms with Crippen molar-refractivity contribution in [3.05, 3.63) is 59.7 Å². The highest BCUT2D eigenvalue weighted by Crippen LogP contribution is 2.28. The highest BCUT2D eigenvalue weighted by molar-refractivity contribution is 5.84. The molecule has 0 saturated heterocycles. The lowest BCUT2D eigenvalue weighted by Crippen LogP contribution is -2.19. The summed E-state index contributed by atoms with van der Waals surface area (Å²) in [7, 11) is 0. The number of benzene rings is 2. The predicted molar refractivity (Wildman–Crippen MR) is 104 cm³/mol. The molecule has 0 heterocycles.